The quantitative estimate of drug-likeness (QED) is 0.661. The van der Waals surface area contributed by atoms with Gasteiger partial charge in [-0.1, -0.05) is 25.7 Å². The molecule has 82 valence electrons. The van der Waals surface area contributed by atoms with E-state index in [1.165, 1.54) is 44.9 Å². The molecule has 0 unspecified atom stereocenters. The van der Waals surface area contributed by atoms with E-state index in [2.05, 4.69) is 5.32 Å². The molecule has 0 spiro atoms. The van der Waals surface area contributed by atoms with Crippen molar-refractivity contribution in [2.24, 2.45) is 5.92 Å². The second-order valence-electron chi connectivity index (χ2n) is 5.00. The highest BCUT2D eigenvalue weighted by Crippen LogP contribution is 2.33. The lowest BCUT2D eigenvalue weighted by Gasteiger charge is -2.28. The number of hydrogen-bond donors (Lipinski definition) is 2. The summed E-state index contributed by atoms with van der Waals surface area (Å²) in [5.74, 6) is 1.05. The van der Waals surface area contributed by atoms with E-state index in [1.54, 1.807) is 0 Å². The number of aliphatic hydroxyl groups is 1. The van der Waals surface area contributed by atoms with E-state index in [0.717, 1.165) is 18.9 Å². The molecule has 2 nitrogen and oxygen atoms in total. The zero-order chi connectivity index (χ0) is 9.80. The molecule has 14 heavy (non-hydrogen) atoms. The van der Waals surface area contributed by atoms with Crippen molar-refractivity contribution in [3.05, 3.63) is 0 Å². The maximum absolute atomic E-state index is 9.73. The van der Waals surface area contributed by atoms with Gasteiger partial charge in [-0.05, 0) is 38.1 Å². The van der Waals surface area contributed by atoms with Crippen molar-refractivity contribution in [2.45, 2.75) is 63.5 Å². The summed E-state index contributed by atoms with van der Waals surface area (Å²) in [6.07, 6.45) is 10.2. The third kappa shape index (κ3) is 3.25. The molecule has 0 aromatic heterocycles. The molecule has 2 fully saturated rings. The van der Waals surface area contributed by atoms with Gasteiger partial charge in [0.1, 0.15) is 0 Å². The summed E-state index contributed by atoms with van der Waals surface area (Å²) in [6.45, 7) is 1.11. The normalized spacial score (nSPS) is 33.2. The summed E-state index contributed by atoms with van der Waals surface area (Å²) in [5.41, 5.74) is 0. The largest absolute Gasteiger partial charge is 0.392 e. The minimum absolute atomic E-state index is 0.0790. The van der Waals surface area contributed by atoms with Crippen molar-refractivity contribution in [1.82, 2.24) is 5.32 Å². The van der Waals surface area contributed by atoms with Gasteiger partial charge in [0, 0.05) is 6.04 Å². The SMILES string of the molecule is O[C@@H]1CCCC[C@H]1NCCCC1CC1. The van der Waals surface area contributed by atoms with Gasteiger partial charge in [-0.2, -0.15) is 0 Å². The third-order valence-electron chi connectivity index (χ3n) is 3.62. The number of aliphatic hydroxyl groups excluding tert-OH is 1. The molecular weight excluding hydrogens is 174 g/mol. The molecule has 2 rings (SSSR count). The van der Waals surface area contributed by atoms with Gasteiger partial charge in [0.2, 0.25) is 0 Å². The van der Waals surface area contributed by atoms with E-state index in [-0.39, 0.29) is 6.10 Å². The van der Waals surface area contributed by atoms with E-state index in [4.69, 9.17) is 0 Å². The van der Waals surface area contributed by atoms with Crippen LogP contribution in [-0.4, -0.2) is 23.8 Å². The first-order valence-electron chi connectivity index (χ1n) is 6.28. The van der Waals surface area contributed by atoms with Crippen LogP contribution in [0.25, 0.3) is 0 Å². The molecule has 0 aliphatic heterocycles. The first kappa shape index (κ1) is 10.4. The number of rotatable bonds is 5. The Hall–Kier alpha value is -0.0800. The Morgan fingerprint density at radius 2 is 1.86 bits per heavy atom. The fraction of sp³-hybridized carbons (Fsp3) is 1.00. The van der Waals surface area contributed by atoms with Crippen molar-refractivity contribution in [2.75, 3.05) is 6.54 Å². The topological polar surface area (TPSA) is 32.3 Å². The lowest BCUT2D eigenvalue weighted by atomic mass is 9.92. The molecule has 2 atom stereocenters. The standard InChI is InChI=1S/C12H23NO/c14-12-6-2-1-5-11(12)13-9-3-4-10-7-8-10/h10-14H,1-9H2/t11-,12-/m1/s1. The van der Waals surface area contributed by atoms with Crippen molar-refractivity contribution in [3.8, 4) is 0 Å². The Morgan fingerprint density at radius 3 is 2.57 bits per heavy atom. The van der Waals surface area contributed by atoms with Gasteiger partial charge in [-0.25, -0.2) is 0 Å². The smallest absolute Gasteiger partial charge is 0.0693 e. The minimum atomic E-state index is -0.0790. The molecule has 0 amide bonds. The maximum atomic E-state index is 9.73. The van der Waals surface area contributed by atoms with Gasteiger partial charge in [-0.15, -0.1) is 0 Å². The van der Waals surface area contributed by atoms with E-state index < -0.39 is 0 Å². The molecule has 2 saturated carbocycles. The monoisotopic (exact) mass is 197 g/mol. The van der Waals surface area contributed by atoms with E-state index in [0.29, 0.717) is 6.04 Å². The first-order valence-corrected chi connectivity index (χ1v) is 6.28. The van der Waals surface area contributed by atoms with Gasteiger partial charge >= 0.3 is 0 Å². The van der Waals surface area contributed by atoms with Gasteiger partial charge in [-0.3, -0.25) is 0 Å². The van der Waals surface area contributed by atoms with E-state index in [9.17, 15) is 5.11 Å². The van der Waals surface area contributed by atoms with Crippen LogP contribution >= 0.6 is 0 Å². The molecule has 0 heterocycles. The van der Waals surface area contributed by atoms with Gasteiger partial charge in [0.25, 0.3) is 0 Å². The van der Waals surface area contributed by atoms with Crippen LogP contribution in [0.5, 0.6) is 0 Å². The van der Waals surface area contributed by atoms with Crippen LogP contribution in [0.4, 0.5) is 0 Å². The van der Waals surface area contributed by atoms with Crippen LogP contribution in [0.3, 0.4) is 0 Å². The number of hydrogen-bond acceptors (Lipinski definition) is 2. The third-order valence-corrected chi connectivity index (χ3v) is 3.62. The van der Waals surface area contributed by atoms with E-state index in [1.807, 2.05) is 0 Å². The Morgan fingerprint density at radius 1 is 1.07 bits per heavy atom. The summed E-state index contributed by atoms with van der Waals surface area (Å²) < 4.78 is 0. The van der Waals surface area contributed by atoms with Crippen LogP contribution in [0.2, 0.25) is 0 Å². The van der Waals surface area contributed by atoms with Crippen molar-refractivity contribution in [3.63, 3.8) is 0 Å². The molecule has 2 aliphatic carbocycles. The van der Waals surface area contributed by atoms with Crippen LogP contribution in [0.15, 0.2) is 0 Å². The zero-order valence-corrected chi connectivity index (χ0v) is 9.04. The van der Waals surface area contributed by atoms with Gasteiger partial charge in [0.05, 0.1) is 6.10 Å². The highest BCUT2D eigenvalue weighted by molar-refractivity contribution is 4.80. The predicted octanol–water partition coefficient (Wildman–Crippen LogP) is 2.07. The molecule has 2 heteroatoms. The van der Waals surface area contributed by atoms with Gasteiger partial charge < -0.3 is 10.4 Å². The Labute approximate surface area is 87.1 Å². The first-order chi connectivity index (χ1) is 6.86. The lowest BCUT2D eigenvalue weighted by Crippen LogP contribution is -2.42. The highest BCUT2D eigenvalue weighted by atomic mass is 16.3. The van der Waals surface area contributed by atoms with Crippen LogP contribution in [0.1, 0.15) is 51.4 Å². The Kier molecular flexibility index (Phi) is 3.82. The highest BCUT2D eigenvalue weighted by Gasteiger charge is 2.23. The Balaban J connectivity index is 1.53. The summed E-state index contributed by atoms with van der Waals surface area (Å²) in [6, 6.07) is 0.392. The molecule has 0 saturated heterocycles. The molecule has 2 N–H and O–H groups in total. The summed E-state index contributed by atoms with van der Waals surface area (Å²) in [4.78, 5) is 0. The molecule has 0 aromatic carbocycles. The second kappa shape index (κ2) is 5.13. The average molecular weight is 197 g/mol. The number of nitrogens with one attached hydrogen (secondary N) is 1. The van der Waals surface area contributed by atoms with Crippen LogP contribution in [-0.2, 0) is 0 Å². The summed E-state index contributed by atoms with van der Waals surface area (Å²) in [7, 11) is 0. The molecule has 0 aromatic rings. The molecule has 0 bridgehead atoms. The van der Waals surface area contributed by atoms with Crippen molar-refractivity contribution < 1.29 is 5.11 Å². The van der Waals surface area contributed by atoms with Crippen molar-refractivity contribution in [1.29, 1.82) is 0 Å². The summed E-state index contributed by atoms with van der Waals surface area (Å²) in [5, 5.41) is 13.2. The summed E-state index contributed by atoms with van der Waals surface area (Å²) >= 11 is 0. The minimum Gasteiger partial charge on any atom is -0.392 e. The van der Waals surface area contributed by atoms with Crippen molar-refractivity contribution >= 4 is 0 Å². The lowest BCUT2D eigenvalue weighted by molar-refractivity contribution is 0.0909. The predicted molar refractivity (Wildman–Crippen MR) is 58.2 cm³/mol. The van der Waals surface area contributed by atoms with Gasteiger partial charge in [0.15, 0.2) is 0 Å². The zero-order valence-electron chi connectivity index (χ0n) is 9.04. The molecule has 2 aliphatic rings. The Bertz CT molecular complexity index is 168. The average Bonchev–Trinajstić information content (AvgIpc) is 2.99. The van der Waals surface area contributed by atoms with Crippen LogP contribution < -0.4 is 5.32 Å². The molecular formula is C12H23NO. The van der Waals surface area contributed by atoms with E-state index >= 15 is 0 Å². The molecule has 0 radical (unpaired) electrons. The van der Waals surface area contributed by atoms with Crippen LogP contribution in [0, 0.1) is 5.92 Å². The fourth-order valence-corrected chi connectivity index (χ4v) is 2.43. The maximum Gasteiger partial charge on any atom is 0.0693 e. The fourth-order valence-electron chi connectivity index (χ4n) is 2.43. The second-order valence-corrected chi connectivity index (χ2v) is 5.00.